The lowest BCUT2D eigenvalue weighted by Crippen LogP contribution is -1.94. The van der Waals surface area contributed by atoms with Gasteiger partial charge in [-0.15, -0.1) is 0 Å². The largest absolute Gasteiger partial charge is 0.428 e. The fourth-order valence-electron chi connectivity index (χ4n) is 0.670. The van der Waals surface area contributed by atoms with Gasteiger partial charge in [-0.05, 0) is 79.9 Å². The summed E-state index contributed by atoms with van der Waals surface area (Å²) in [7, 11) is 0. The average Bonchev–Trinajstić information content (AvgIpc) is 2.00. The van der Waals surface area contributed by atoms with Crippen molar-refractivity contribution in [1.29, 1.82) is 0 Å². The van der Waals surface area contributed by atoms with Gasteiger partial charge < -0.3 is 4.74 Å². The average molecular weight is 500 g/mol. The molecule has 0 saturated heterocycles. The van der Waals surface area contributed by atoms with Crippen molar-refractivity contribution >= 4 is 74.2 Å². The summed E-state index contributed by atoms with van der Waals surface area (Å²) in [5.41, 5.74) is 0. The van der Waals surface area contributed by atoms with E-state index in [-0.39, 0.29) is 0 Å². The molecule has 12 heavy (non-hydrogen) atoms. The lowest BCUT2D eigenvalue weighted by Gasteiger charge is -2.03. The summed E-state index contributed by atoms with van der Waals surface area (Å²) in [4.78, 5) is 10.1. The number of benzene rings is 1. The minimum atomic E-state index is 0.448. The first-order chi connectivity index (χ1) is 5.65. The van der Waals surface area contributed by atoms with Crippen LogP contribution in [0.15, 0.2) is 12.1 Å². The summed E-state index contributed by atoms with van der Waals surface area (Å²) in [6.07, 6.45) is 0. The third kappa shape index (κ3) is 2.69. The van der Waals surface area contributed by atoms with Crippen molar-refractivity contribution in [2.45, 2.75) is 0 Å². The molecule has 0 fully saturated rings. The van der Waals surface area contributed by atoms with Gasteiger partial charge in [0, 0.05) is 7.14 Å². The summed E-state index contributed by atoms with van der Waals surface area (Å²) < 4.78 is 7.93. The molecule has 2 nitrogen and oxygen atoms in total. The molecule has 0 aromatic heterocycles. The van der Waals surface area contributed by atoms with Crippen LogP contribution in [0.3, 0.4) is 0 Å². The van der Waals surface area contributed by atoms with Crippen molar-refractivity contribution in [3.05, 3.63) is 22.8 Å². The Morgan fingerprint density at radius 3 is 2.50 bits per heavy atom. The summed E-state index contributed by atoms with van der Waals surface area (Å²) in [6, 6.07) is 3.86. The van der Waals surface area contributed by atoms with Gasteiger partial charge in [-0.1, -0.05) is 0 Å². The molecule has 0 spiro atoms. The van der Waals surface area contributed by atoms with Crippen LogP contribution in [0.4, 0.5) is 0 Å². The molecule has 0 amide bonds. The van der Waals surface area contributed by atoms with Crippen molar-refractivity contribution in [3.63, 3.8) is 0 Å². The molecule has 0 aliphatic carbocycles. The van der Waals surface area contributed by atoms with Gasteiger partial charge in [-0.3, -0.25) is 4.79 Å². The Labute approximate surface area is 111 Å². The fraction of sp³-hybridized carbons (Fsp3) is 0. The maximum atomic E-state index is 10.1. The minimum Gasteiger partial charge on any atom is -0.428 e. The van der Waals surface area contributed by atoms with E-state index >= 15 is 0 Å². The number of rotatable bonds is 2. The Hall–Kier alpha value is 0.880. The standard InChI is InChI=1S/C7H3I3O2/c8-4-1-5(9)7(10)6(2-4)12-3-11/h1-3H. The molecule has 1 rings (SSSR count). The van der Waals surface area contributed by atoms with Crippen LogP contribution in [-0.2, 0) is 4.79 Å². The molecule has 1 aromatic carbocycles. The molecule has 0 aliphatic rings. The second kappa shape index (κ2) is 4.94. The molecule has 5 heteroatoms. The maximum absolute atomic E-state index is 10.1. The Morgan fingerprint density at radius 1 is 1.25 bits per heavy atom. The highest BCUT2D eigenvalue weighted by Crippen LogP contribution is 2.27. The number of halogens is 3. The summed E-state index contributed by atoms with van der Waals surface area (Å²) in [5.74, 6) is 0.627. The van der Waals surface area contributed by atoms with Crippen LogP contribution < -0.4 is 4.74 Å². The molecule has 0 saturated carbocycles. The minimum absolute atomic E-state index is 0.448. The van der Waals surface area contributed by atoms with Crippen LogP contribution in [-0.4, -0.2) is 6.47 Å². The first kappa shape index (κ1) is 11.0. The van der Waals surface area contributed by atoms with E-state index in [9.17, 15) is 4.79 Å². The van der Waals surface area contributed by atoms with Gasteiger partial charge in [0.05, 0.1) is 3.57 Å². The van der Waals surface area contributed by atoms with Gasteiger partial charge in [0.15, 0.2) is 0 Å². The summed E-state index contributed by atoms with van der Waals surface area (Å²) in [6.45, 7) is 0.448. The molecule has 0 N–H and O–H groups in total. The molecule has 0 heterocycles. The van der Waals surface area contributed by atoms with Gasteiger partial charge in [0.2, 0.25) is 0 Å². The molecule has 0 atom stereocenters. The highest BCUT2D eigenvalue weighted by molar-refractivity contribution is 14.1. The van der Waals surface area contributed by atoms with Gasteiger partial charge in [0.25, 0.3) is 6.47 Å². The predicted molar refractivity (Wildman–Crippen MR) is 71.3 cm³/mol. The van der Waals surface area contributed by atoms with Crippen LogP contribution in [0.1, 0.15) is 0 Å². The number of ether oxygens (including phenoxy) is 1. The maximum Gasteiger partial charge on any atom is 0.298 e. The number of hydrogen-bond acceptors (Lipinski definition) is 2. The van der Waals surface area contributed by atoms with Crippen LogP contribution in [0.25, 0.3) is 0 Å². The van der Waals surface area contributed by atoms with E-state index in [0.29, 0.717) is 12.2 Å². The molecule has 0 bridgehead atoms. The smallest absolute Gasteiger partial charge is 0.298 e. The van der Waals surface area contributed by atoms with Crippen molar-refractivity contribution in [1.82, 2.24) is 0 Å². The third-order valence-corrected chi connectivity index (χ3v) is 4.75. The van der Waals surface area contributed by atoms with E-state index in [2.05, 4.69) is 67.8 Å². The molecule has 0 radical (unpaired) electrons. The number of carbonyl (C=O) groups excluding carboxylic acids is 1. The fourth-order valence-corrected chi connectivity index (χ4v) is 2.90. The third-order valence-electron chi connectivity index (χ3n) is 1.13. The Bertz CT molecular complexity index is 312. The van der Waals surface area contributed by atoms with E-state index in [1.54, 1.807) is 0 Å². The first-order valence-corrected chi connectivity index (χ1v) is 6.13. The van der Waals surface area contributed by atoms with Gasteiger partial charge in [0.1, 0.15) is 5.75 Å². The molecule has 1 aromatic rings. The second-order valence-electron chi connectivity index (χ2n) is 1.91. The zero-order chi connectivity index (χ0) is 9.14. The van der Waals surface area contributed by atoms with E-state index in [4.69, 9.17) is 4.74 Å². The van der Waals surface area contributed by atoms with Crippen molar-refractivity contribution in [2.24, 2.45) is 0 Å². The molecular formula is C7H3I3O2. The Balaban J connectivity index is 3.17. The van der Waals surface area contributed by atoms with Crippen LogP contribution >= 0.6 is 67.8 Å². The predicted octanol–water partition coefficient (Wildman–Crippen LogP) is 3.04. The van der Waals surface area contributed by atoms with Gasteiger partial charge in [-0.2, -0.15) is 0 Å². The molecule has 0 unspecified atom stereocenters. The topological polar surface area (TPSA) is 26.3 Å². The van der Waals surface area contributed by atoms with Gasteiger partial charge >= 0.3 is 0 Å². The lowest BCUT2D eigenvalue weighted by atomic mass is 10.3. The lowest BCUT2D eigenvalue weighted by molar-refractivity contribution is -0.120. The van der Waals surface area contributed by atoms with E-state index < -0.39 is 0 Å². The van der Waals surface area contributed by atoms with Crippen molar-refractivity contribution in [2.75, 3.05) is 0 Å². The summed E-state index contributed by atoms with van der Waals surface area (Å²) in [5, 5.41) is 0. The Kier molecular flexibility index (Phi) is 4.51. The Morgan fingerprint density at radius 2 is 1.92 bits per heavy atom. The second-order valence-corrected chi connectivity index (χ2v) is 5.40. The van der Waals surface area contributed by atoms with E-state index in [1.807, 2.05) is 12.1 Å². The quantitative estimate of drug-likeness (QED) is 0.355. The van der Waals surface area contributed by atoms with E-state index in [1.165, 1.54) is 0 Å². The molecule has 0 aliphatic heterocycles. The SMILES string of the molecule is O=COc1cc(I)cc(I)c1I. The number of carbonyl (C=O) groups is 1. The van der Waals surface area contributed by atoms with E-state index in [0.717, 1.165) is 10.7 Å². The molecular weight excluding hydrogens is 497 g/mol. The van der Waals surface area contributed by atoms with Crippen molar-refractivity contribution < 1.29 is 9.53 Å². The zero-order valence-electron chi connectivity index (χ0n) is 5.68. The highest BCUT2D eigenvalue weighted by Gasteiger charge is 2.06. The van der Waals surface area contributed by atoms with Crippen LogP contribution in [0.2, 0.25) is 0 Å². The van der Waals surface area contributed by atoms with Crippen LogP contribution in [0.5, 0.6) is 5.75 Å². The molecule has 64 valence electrons. The van der Waals surface area contributed by atoms with Gasteiger partial charge in [-0.25, -0.2) is 0 Å². The highest BCUT2D eigenvalue weighted by atomic mass is 127. The summed E-state index contributed by atoms with van der Waals surface area (Å²) >= 11 is 6.54. The number of hydrogen-bond donors (Lipinski definition) is 0. The monoisotopic (exact) mass is 500 g/mol. The van der Waals surface area contributed by atoms with Crippen LogP contribution in [0, 0.1) is 10.7 Å². The first-order valence-electron chi connectivity index (χ1n) is 2.90. The zero-order valence-corrected chi connectivity index (χ0v) is 12.2. The van der Waals surface area contributed by atoms with Crippen molar-refractivity contribution in [3.8, 4) is 5.75 Å². The normalized spacial score (nSPS) is 9.58.